The fourth-order valence-electron chi connectivity index (χ4n) is 3.06. The van der Waals surface area contributed by atoms with E-state index in [-0.39, 0.29) is 19.3 Å². The topological polar surface area (TPSA) is 120 Å². The van der Waals surface area contributed by atoms with Gasteiger partial charge in [-0.3, -0.25) is 0 Å². The van der Waals surface area contributed by atoms with Crippen molar-refractivity contribution in [1.29, 1.82) is 0 Å². The Morgan fingerprint density at radius 1 is 0.514 bits per heavy atom. The number of carboxylic acid groups (broad SMARTS) is 3. The molecule has 0 aliphatic heterocycles. The molecule has 0 amide bonds. The first-order valence-electron chi connectivity index (χ1n) is 14.1. The van der Waals surface area contributed by atoms with Gasteiger partial charge in [-0.25, -0.2) is 0 Å². The fraction of sp³-hybridized carbons (Fsp3) is 0.700. The van der Waals surface area contributed by atoms with Gasteiger partial charge in [0.25, 0.3) is 0 Å². The van der Waals surface area contributed by atoms with Gasteiger partial charge in [-0.1, -0.05) is 97.8 Å². The minimum absolute atomic E-state index is 0.226. The number of carbonyl (C=O) groups is 3. The molecule has 0 spiro atoms. The molecule has 0 fully saturated rings. The average Bonchev–Trinajstić information content (AvgIpc) is 2.85. The van der Waals surface area contributed by atoms with E-state index in [4.69, 9.17) is 0 Å². The number of carbonyl (C=O) groups excluding carboxylic acids is 3. The molecule has 0 aliphatic rings. The van der Waals surface area contributed by atoms with E-state index in [1.807, 2.05) is 6.07 Å². The number of hydrogen-bond donors (Lipinski definition) is 0. The second-order valence-corrected chi connectivity index (χ2v) is 10.6. The van der Waals surface area contributed by atoms with Crippen molar-refractivity contribution in [2.24, 2.45) is 0 Å². The zero-order valence-electron chi connectivity index (χ0n) is 23.6. The number of unbranched alkanes of at least 4 members (excludes halogenated alkanes) is 12. The maximum absolute atomic E-state index is 9.92. The van der Waals surface area contributed by atoms with Crippen LogP contribution in [0.2, 0.25) is 0 Å². The van der Waals surface area contributed by atoms with Gasteiger partial charge in [-0.05, 0) is 38.5 Å². The van der Waals surface area contributed by atoms with Gasteiger partial charge >= 0.3 is 56.4 Å². The summed E-state index contributed by atoms with van der Waals surface area (Å²) in [5, 5.41) is 29.8. The summed E-state index contributed by atoms with van der Waals surface area (Å²) in [5.74, 6) is -2.76. The average molecular weight is 625 g/mol. The Hall–Kier alpha value is -1.57. The van der Waals surface area contributed by atoms with Gasteiger partial charge in [0.1, 0.15) is 0 Å². The Morgan fingerprint density at radius 2 is 0.784 bits per heavy atom. The van der Waals surface area contributed by atoms with Gasteiger partial charge in [-0.2, -0.15) is 0 Å². The molecule has 0 saturated carbocycles. The SMILES string of the molecule is CCCCCCCC(=O)[O-].CCCCCCCC(=O)[O-].CCCCCCCC(=O)[O-].[Sn+3][c]1ccccc1. The van der Waals surface area contributed by atoms with Crippen LogP contribution in [0.25, 0.3) is 0 Å². The van der Waals surface area contributed by atoms with E-state index < -0.39 is 17.9 Å². The molecule has 0 radical (unpaired) electrons. The van der Waals surface area contributed by atoms with Gasteiger partial charge in [0.05, 0.1) is 0 Å². The third-order valence-electron chi connectivity index (χ3n) is 5.23. The van der Waals surface area contributed by atoms with E-state index in [0.29, 0.717) is 0 Å². The predicted molar refractivity (Wildman–Crippen MR) is 147 cm³/mol. The van der Waals surface area contributed by atoms with Crippen molar-refractivity contribution in [2.45, 2.75) is 136 Å². The Balaban J connectivity index is -0.000000419. The number of hydrogen-bond acceptors (Lipinski definition) is 6. The van der Waals surface area contributed by atoms with Crippen molar-refractivity contribution in [2.75, 3.05) is 0 Å². The first kappa shape index (κ1) is 39.9. The molecule has 7 heteroatoms. The first-order chi connectivity index (χ1) is 17.7. The van der Waals surface area contributed by atoms with Crippen LogP contribution in [0.15, 0.2) is 30.3 Å². The molecule has 0 unspecified atom stereocenters. The fourth-order valence-corrected chi connectivity index (χ4v) is 3.61. The van der Waals surface area contributed by atoms with Crippen LogP contribution in [-0.4, -0.2) is 40.4 Å². The molecule has 210 valence electrons. The molecule has 0 saturated heterocycles. The van der Waals surface area contributed by atoms with Crippen LogP contribution in [0, 0.1) is 0 Å². The molecule has 37 heavy (non-hydrogen) atoms. The van der Waals surface area contributed by atoms with E-state index in [2.05, 4.69) is 45.0 Å². The summed E-state index contributed by atoms with van der Waals surface area (Å²) in [6.45, 7) is 6.41. The van der Waals surface area contributed by atoms with E-state index >= 15 is 0 Å². The normalized spacial score (nSPS) is 9.54. The Bertz CT molecular complexity index is 565. The summed E-state index contributed by atoms with van der Waals surface area (Å²) < 4.78 is 1.41. The number of rotatable bonds is 18. The molecule has 0 aliphatic carbocycles. The van der Waals surface area contributed by atoms with Crippen LogP contribution in [0.1, 0.15) is 136 Å². The van der Waals surface area contributed by atoms with Crippen molar-refractivity contribution < 1.29 is 29.7 Å². The standard InChI is InChI=1S/3C8H16O2.C6H5.Sn/c3*1-2-3-4-5-6-7-8(9)10;1-2-4-6-5-3-1;/h3*2-7H2,1H3,(H,9,10);1-5H;/q;;;;+3/p-3. The van der Waals surface area contributed by atoms with Crippen molar-refractivity contribution in [3.63, 3.8) is 0 Å². The van der Waals surface area contributed by atoms with E-state index in [0.717, 1.165) is 57.8 Å². The van der Waals surface area contributed by atoms with Crippen LogP contribution in [0.5, 0.6) is 0 Å². The van der Waals surface area contributed by atoms with Crippen LogP contribution >= 0.6 is 0 Å². The summed E-state index contributed by atoms with van der Waals surface area (Å²) >= 11 is 1.49. The zero-order valence-corrected chi connectivity index (χ0v) is 26.4. The Labute approximate surface area is 239 Å². The molecule has 0 N–H and O–H groups in total. The summed E-state index contributed by atoms with van der Waals surface area (Å²) in [4.78, 5) is 29.8. The minimum atomic E-state index is -0.920. The summed E-state index contributed by atoms with van der Waals surface area (Å²) in [7, 11) is 0. The van der Waals surface area contributed by atoms with E-state index in [1.165, 1.54) is 64.6 Å². The van der Waals surface area contributed by atoms with Gasteiger partial charge in [0.2, 0.25) is 0 Å². The van der Waals surface area contributed by atoms with Gasteiger partial charge in [-0.15, -0.1) is 0 Å². The number of carboxylic acids is 3. The third kappa shape index (κ3) is 48.1. The van der Waals surface area contributed by atoms with Crippen molar-refractivity contribution in [3.8, 4) is 0 Å². The second-order valence-electron chi connectivity index (χ2n) is 8.97. The molecule has 0 bridgehead atoms. The van der Waals surface area contributed by atoms with Crippen LogP contribution < -0.4 is 18.9 Å². The third-order valence-corrected chi connectivity index (χ3v) is 6.18. The van der Waals surface area contributed by atoms with Crippen LogP contribution in [-0.2, 0) is 14.4 Å². The van der Waals surface area contributed by atoms with Crippen molar-refractivity contribution in [1.82, 2.24) is 0 Å². The molecule has 1 aromatic rings. The molecule has 0 aromatic heterocycles. The Morgan fingerprint density at radius 3 is 0.973 bits per heavy atom. The summed E-state index contributed by atoms with van der Waals surface area (Å²) in [5.41, 5.74) is 0. The molecule has 1 aromatic carbocycles. The molecular weight excluding hydrogens is 575 g/mol. The summed E-state index contributed by atoms with van der Waals surface area (Å²) in [6.07, 6.45) is 16.8. The number of benzene rings is 1. The number of aliphatic carboxylic acids is 3. The van der Waals surface area contributed by atoms with E-state index in [1.54, 1.807) is 0 Å². The second kappa shape index (κ2) is 34.4. The maximum atomic E-state index is 9.92. The Kier molecular flexibility index (Phi) is 37.2. The quantitative estimate of drug-likeness (QED) is 0.181. The van der Waals surface area contributed by atoms with Crippen LogP contribution in [0.3, 0.4) is 0 Å². The van der Waals surface area contributed by atoms with Gasteiger partial charge < -0.3 is 29.7 Å². The summed E-state index contributed by atoms with van der Waals surface area (Å²) in [6, 6.07) is 10.4. The molecule has 6 nitrogen and oxygen atoms in total. The molecular formula is C30H50O6Sn. The molecule has 0 heterocycles. The first-order valence-corrected chi connectivity index (χ1v) is 15.5. The van der Waals surface area contributed by atoms with Gasteiger partial charge in [0.15, 0.2) is 0 Å². The molecule has 0 atom stereocenters. The zero-order chi connectivity index (χ0) is 28.6. The van der Waals surface area contributed by atoms with Crippen LogP contribution in [0.4, 0.5) is 0 Å². The van der Waals surface area contributed by atoms with Gasteiger partial charge in [0, 0.05) is 17.9 Å². The van der Waals surface area contributed by atoms with Crippen molar-refractivity contribution >= 4 is 44.0 Å². The molecule has 1 rings (SSSR count). The predicted octanol–water partition coefficient (Wildman–Crippen LogP) is 3.77. The van der Waals surface area contributed by atoms with E-state index in [9.17, 15) is 29.7 Å². The van der Waals surface area contributed by atoms with Crippen molar-refractivity contribution in [3.05, 3.63) is 30.3 Å². The monoisotopic (exact) mass is 626 g/mol.